The monoisotopic (exact) mass is 578 g/mol. The van der Waals surface area contributed by atoms with E-state index in [0.29, 0.717) is 11.3 Å². The van der Waals surface area contributed by atoms with Crippen molar-refractivity contribution in [3.05, 3.63) is 103 Å². The summed E-state index contributed by atoms with van der Waals surface area (Å²) in [5.41, 5.74) is 2.24. The average molecular weight is 579 g/mol. The molecule has 0 aliphatic rings. The summed E-state index contributed by atoms with van der Waals surface area (Å²) in [4.78, 5) is 0. The molecule has 0 fully saturated rings. The van der Waals surface area contributed by atoms with Gasteiger partial charge in [-0.3, -0.25) is 0 Å². The molecule has 0 radical (unpaired) electrons. The molecule has 0 unspecified atom stereocenters. The van der Waals surface area contributed by atoms with E-state index in [1.54, 1.807) is 19.2 Å². The second kappa shape index (κ2) is 11.6. The molecule has 0 aliphatic carbocycles. The molecule has 4 aromatic rings. The Morgan fingerprint density at radius 3 is 1.46 bits per heavy atom. The summed E-state index contributed by atoms with van der Waals surface area (Å²) in [5.74, 6) is 0.580. The molecule has 0 saturated heterocycles. The number of ether oxygens (including phenoxy) is 3. The Bertz CT molecular complexity index is 1560. The third-order valence-electron chi connectivity index (χ3n) is 5.09. The van der Waals surface area contributed by atoms with E-state index < -0.39 is 27.3 Å². The molecule has 0 spiro atoms. The lowest BCUT2D eigenvalue weighted by molar-refractivity contribution is 0.00379. The first-order valence-corrected chi connectivity index (χ1v) is 13.7. The summed E-state index contributed by atoms with van der Waals surface area (Å²) in [6.45, 7) is 0. The van der Waals surface area contributed by atoms with Gasteiger partial charge in [0.2, 0.25) is 0 Å². The topological polar surface area (TPSA) is 114 Å². The van der Waals surface area contributed by atoms with Crippen molar-refractivity contribution < 1.29 is 47.2 Å². The van der Waals surface area contributed by atoms with Gasteiger partial charge in [0.15, 0.2) is 0 Å². The van der Waals surface area contributed by atoms with Gasteiger partial charge < -0.3 is 22.6 Å². The Kier molecular flexibility index (Phi) is 8.21. The molecule has 204 valence electrons. The molecule has 0 aromatic heterocycles. The number of hydrogen-bond acceptors (Lipinski definition) is 9. The fourth-order valence-electron chi connectivity index (χ4n) is 3.45. The van der Waals surface area contributed by atoms with Gasteiger partial charge in [0.25, 0.3) is 6.29 Å². The number of benzene rings is 4. The first kappa shape index (κ1) is 27.7. The standard InChI is InChI=1S/C26H20F2O9S2/c1-33-25-7-3-5-19(17-25)18-4-2-6-20(16-18)26(34-21-8-12-23(13-9-21)36-38(27,29)30)35-22-10-14-24(15-11-22)37-39(28,31)32/h2-17,26H,1H3. The second-order valence-corrected chi connectivity index (χ2v) is 9.73. The van der Waals surface area contributed by atoms with Crippen molar-refractivity contribution in [3.63, 3.8) is 0 Å². The highest BCUT2D eigenvalue weighted by atomic mass is 32.3. The van der Waals surface area contributed by atoms with E-state index in [1.165, 1.54) is 48.5 Å². The fourth-order valence-corrected chi connectivity index (χ4v) is 4.13. The molecular formula is C26H20F2O9S2. The normalized spacial score (nSPS) is 11.6. The van der Waals surface area contributed by atoms with E-state index in [9.17, 15) is 24.6 Å². The maximum atomic E-state index is 12.8. The quantitative estimate of drug-likeness (QED) is 0.163. The Morgan fingerprint density at radius 1 is 0.564 bits per heavy atom. The Morgan fingerprint density at radius 2 is 1.00 bits per heavy atom. The zero-order valence-electron chi connectivity index (χ0n) is 20.1. The number of hydrogen-bond donors (Lipinski definition) is 0. The fraction of sp³-hybridized carbons (Fsp3) is 0.0769. The molecule has 9 nitrogen and oxygen atoms in total. The minimum Gasteiger partial charge on any atom is -0.497 e. The highest BCUT2D eigenvalue weighted by molar-refractivity contribution is 7.82. The summed E-state index contributed by atoms with van der Waals surface area (Å²) < 4.78 is 94.3. The number of methoxy groups -OCH3 is 1. The van der Waals surface area contributed by atoms with Crippen LogP contribution in [0.25, 0.3) is 11.1 Å². The van der Waals surface area contributed by atoms with Gasteiger partial charge >= 0.3 is 21.0 Å². The predicted molar refractivity (Wildman–Crippen MR) is 137 cm³/mol. The zero-order chi connectivity index (χ0) is 28.0. The van der Waals surface area contributed by atoms with Crippen molar-refractivity contribution in [2.24, 2.45) is 0 Å². The summed E-state index contributed by atoms with van der Waals surface area (Å²) in [6.07, 6.45) is -1.08. The van der Waals surface area contributed by atoms with Gasteiger partial charge in [-0.2, -0.15) is 16.8 Å². The van der Waals surface area contributed by atoms with Crippen molar-refractivity contribution in [1.82, 2.24) is 0 Å². The van der Waals surface area contributed by atoms with Crippen LogP contribution in [0.2, 0.25) is 0 Å². The van der Waals surface area contributed by atoms with Crippen LogP contribution in [0, 0.1) is 0 Å². The average Bonchev–Trinajstić information content (AvgIpc) is 2.89. The summed E-state index contributed by atoms with van der Waals surface area (Å²) in [6, 6.07) is 24.8. The first-order chi connectivity index (χ1) is 18.5. The van der Waals surface area contributed by atoms with Gasteiger partial charge in [0.1, 0.15) is 28.7 Å². The minimum absolute atomic E-state index is 0.221. The molecule has 0 aliphatic heterocycles. The van der Waals surface area contributed by atoms with E-state index in [0.717, 1.165) is 11.1 Å². The van der Waals surface area contributed by atoms with Crippen LogP contribution >= 0.6 is 0 Å². The number of rotatable bonds is 11. The van der Waals surface area contributed by atoms with Crippen LogP contribution in [0.1, 0.15) is 11.9 Å². The smallest absolute Gasteiger partial charge is 0.488 e. The molecule has 0 N–H and O–H groups in total. The van der Waals surface area contributed by atoms with E-state index in [-0.39, 0.29) is 23.0 Å². The zero-order valence-corrected chi connectivity index (χ0v) is 21.7. The van der Waals surface area contributed by atoms with Crippen LogP contribution in [0.5, 0.6) is 28.7 Å². The van der Waals surface area contributed by atoms with E-state index >= 15 is 0 Å². The summed E-state index contributed by atoms with van der Waals surface area (Å²) in [7, 11) is -8.83. The highest BCUT2D eigenvalue weighted by Gasteiger charge is 2.18. The molecule has 39 heavy (non-hydrogen) atoms. The third-order valence-corrected chi connectivity index (χ3v) is 5.87. The molecule has 0 atom stereocenters. The van der Waals surface area contributed by atoms with Crippen LogP contribution in [0.4, 0.5) is 7.77 Å². The molecule has 0 heterocycles. The van der Waals surface area contributed by atoms with Crippen LogP contribution in [0.3, 0.4) is 0 Å². The first-order valence-electron chi connectivity index (χ1n) is 11.0. The van der Waals surface area contributed by atoms with Gasteiger partial charge in [-0.05, 0) is 77.9 Å². The molecule has 4 aromatic carbocycles. The number of halogens is 2. The van der Waals surface area contributed by atoms with Gasteiger partial charge in [-0.15, -0.1) is 0 Å². The lowest BCUT2D eigenvalue weighted by atomic mass is 10.0. The van der Waals surface area contributed by atoms with Crippen LogP contribution in [-0.2, 0) is 21.0 Å². The molecule has 0 saturated carbocycles. The minimum atomic E-state index is -5.19. The van der Waals surface area contributed by atoms with Crippen molar-refractivity contribution in [1.29, 1.82) is 0 Å². The Balaban J connectivity index is 1.64. The maximum Gasteiger partial charge on any atom is 0.488 e. The van der Waals surface area contributed by atoms with E-state index in [4.69, 9.17) is 14.2 Å². The van der Waals surface area contributed by atoms with Crippen LogP contribution < -0.4 is 22.6 Å². The largest absolute Gasteiger partial charge is 0.497 e. The van der Waals surface area contributed by atoms with Crippen molar-refractivity contribution in [2.75, 3.05) is 7.11 Å². The highest BCUT2D eigenvalue weighted by Crippen LogP contribution is 2.32. The van der Waals surface area contributed by atoms with Gasteiger partial charge in [0, 0.05) is 5.56 Å². The van der Waals surface area contributed by atoms with Gasteiger partial charge in [-0.1, -0.05) is 38.1 Å². The van der Waals surface area contributed by atoms with E-state index in [2.05, 4.69) is 8.37 Å². The van der Waals surface area contributed by atoms with Crippen LogP contribution in [0.15, 0.2) is 97.1 Å². The summed E-state index contributed by atoms with van der Waals surface area (Å²) >= 11 is 0. The van der Waals surface area contributed by atoms with E-state index in [1.807, 2.05) is 36.4 Å². The second-order valence-electron chi connectivity index (χ2n) is 7.82. The lowest BCUT2D eigenvalue weighted by Crippen LogP contribution is -2.15. The molecule has 4 rings (SSSR count). The van der Waals surface area contributed by atoms with Gasteiger partial charge in [-0.25, -0.2) is 0 Å². The molecular weight excluding hydrogens is 558 g/mol. The molecule has 0 amide bonds. The van der Waals surface area contributed by atoms with Crippen LogP contribution in [-0.4, -0.2) is 23.9 Å². The molecule has 13 heteroatoms. The van der Waals surface area contributed by atoms with Crippen molar-refractivity contribution in [2.45, 2.75) is 6.29 Å². The third kappa shape index (κ3) is 8.32. The predicted octanol–water partition coefficient (Wildman–Crippen LogP) is 5.71. The Hall–Kier alpha value is -4.36. The lowest BCUT2D eigenvalue weighted by Gasteiger charge is -2.22. The van der Waals surface area contributed by atoms with Crippen molar-refractivity contribution in [3.8, 4) is 39.9 Å². The maximum absolute atomic E-state index is 12.8. The Labute approximate surface area is 223 Å². The van der Waals surface area contributed by atoms with Crippen molar-refractivity contribution >= 4 is 21.0 Å². The van der Waals surface area contributed by atoms with Gasteiger partial charge in [0.05, 0.1) is 7.11 Å². The summed E-state index contributed by atoms with van der Waals surface area (Å²) in [5, 5.41) is 0. The molecule has 0 bridgehead atoms. The SMILES string of the molecule is COc1cccc(-c2cccc(C(Oc3ccc(OS(=O)(=O)F)cc3)Oc3ccc(OS(=O)(=O)F)cc3)c2)c1.